The van der Waals surface area contributed by atoms with Gasteiger partial charge in [0.2, 0.25) is 0 Å². The van der Waals surface area contributed by atoms with E-state index in [2.05, 4.69) is 0 Å². The van der Waals surface area contributed by atoms with Crippen LogP contribution in [0.5, 0.6) is 0 Å². The topological polar surface area (TPSA) is 65.1 Å². The maximum absolute atomic E-state index is 12.9. The second-order valence-electron chi connectivity index (χ2n) is 8.80. The number of benzene rings is 1. The van der Waals surface area contributed by atoms with E-state index in [-0.39, 0.29) is 5.97 Å². The minimum atomic E-state index is -0.934. The SMILES string of the molecule is CCOC(=O)C1(c2ccc(C(S)N(C(=O)OC(C)(C)C)C(C)(C)OC)cc2)CC1. The van der Waals surface area contributed by atoms with Crippen LogP contribution in [0.3, 0.4) is 0 Å². The molecule has 1 amide bonds. The van der Waals surface area contributed by atoms with Gasteiger partial charge in [0.15, 0.2) is 0 Å². The molecule has 1 aliphatic carbocycles. The van der Waals surface area contributed by atoms with Crippen LogP contribution in [-0.2, 0) is 24.4 Å². The van der Waals surface area contributed by atoms with Crippen LogP contribution in [0.15, 0.2) is 24.3 Å². The van der Waals surface area contributed by atoms with E-state index < -0.39 is 28.2 Å². The van der Waals surface area contributed by atoms with Crippen LogP contribution in [0.1, 0.15) is 70.9 Å². The molecule has 1 saturated carbocycles. The van der Waals surface area contributed by atoms with Crippen LogP contribution in [-0.4, -0.2) is 42.0 Å². The molecule has 1 aromatic carbocycles. The van der Waals surface area contributed by atoms with E-state index in [4.69, 9.17) is 26.8 Å². The molecule has 2 rings (SSSR count). The summed E-state index contributed by atoms with van der Waals surface area (Å²) >= 11 is 4.70. The Hall–Kier alpha value is -1.73. The normalized spacial score (nSPS) is 16.7. The van der Waals surface area contributed by atoms with Crippen molar-refractivity contribution in [1.82, 2.24) is 4.90 Å². The Morgan fingerprint density at radius 2 is 1.69 bits per heavy atom. The maximum Gasteiger partial charge on any atom is 0.413 e. The summed E-state index contributed by atoms with van der Waals surface area (Å²) in [6, 6.07) is 7.59. The van der Waals surface area contributed by atoms with Crippen LogP contribution in [0.2, 0.25) is 0 Å². The van der Waals surface area contributed by atoms with Crippen LogP contribution in [0, 0.1) is 0 Å². The number of rotatable bonds is 7. The van der Waals surface area contributed by atoms with Gasteiger partial charge in [0.25, 0.3) is 0 Å². The number of esters is 1. The van der Waals surface area contributed by atoms with Crippen molar-refractivity contribution in [3.05, 3.63) is 35.4 Å². The molecule has 0 bridgehead atoms. The first kappa shape index (κ1) is 23.5. The lowest BCUT2D eigenvalue weighted by atomic mass is 9.95. The van der Waals surface area contributed by atoms with E-state index >= 15 is 0 Å². The molecule has 0 saturated heterocycles. The van der Waals surface area contributed by atoms with Gasteiger partial charge >= 0.3 is 12.1 Å². The number of hydrogen-bond acceptors (Lipinski definition) is 6. The molecule has 1 aliphatic rings. The van der Waals surface area contributed by atoms with E-state index in [0.717, 1.165) is 24.0 Å². The third kappa shape index (κ3) is 5.25. The van der Waals surface area contributed by atoms with E-state index in [0.29, 0.717) is 6.61 Å². The third-order valence-corrected chi connectivity index (χ3v) is 5.62. The van der Waals surface area contributed by atoms with E-state index in [9.17, 15) is 9.59 Å². The zero-order valence-corrected chi connectivity index (χ0v) is 19.3. The number of thiol groups is 1. The molecular weight excluding hydrogens is 390 g/mol. The zero-order chi connectivity index (χ0) is 22.0. The van der Waals surface area contributed by atoms with Gasteiger partial charge in [-0.2, -0.15) is 0 Å². The summed E-state index contributed by atoms with van der Waals surface area (Å²) in [4.78, 5) is 26.7. The first-order valence-electron chi connectivity index (χ1n) is 9.91. The average molecular weight is 424 g/mol. The molecule has 0 spiro atoms. The molecule has 0 heterocycles. The van der Waals surface area contributed by atoms with Gasteiger partial charge < -0.3 is 14.2 Å². The van der Waals surface area contributed by atoms with Gasteiger partial charge in [0.05, 0.1) is 12.0 Å². The number of methoxy groups -OCH3 is 1. The number of carbonyl (C=O) groups is 2. The summed E-state index contributed by atoms with van der Waals surface area (Å²) in [5, 5.41) is -0.591. The fourth-order valence-electron chi connectivity index (χ4n) is 3.15. The average Bonchev–Trinajstić information content (AvgIpc) is 3.42. The monoisotopic (exact) mass is 423 g/mol. The summed E-state index contributed by atoms with van der Waals surface area (Å²) in [5.41, 5.74) is -0.384. The van der Waals surface area contributed by atoms with Gasteiger partial charge in [-0.1, -0.05) is 24.3 Å². The largest absolute Gasteiger partial charge is 0.465 e. The highest BCUT2D eigenvalue weighted by molar-refractivity contribution is 7.80. The number of carbonyl (C=O) groups excluding carboxylic acids is 2. The molecule has 1 unspecified atom stereocenters. The van der Waals surface area contributed by atoms with E-state index in [1.807, 2.05) is 52.0 Å². The molecule has 0 aromatic heterocycles. The molecule has 1 fully saturated rings. The van der Waals surface area contributed by atoms with Crippen molar-refractivity contribution in [2.24, 2.45) is 0 Å². The smallest absolute Gasteiger partial charge is 0.413 e. The molecule has 0 aliphatic heterocycles. The Morgan fingerprint density at radius 3 is 2.10 bits per heavy atom. The quantitative estimate of drug-likeness (QED) is 0.387. The fourth-order valence-corrected chi connectivity index (χ4v) is 3.70. The highest BCUT2D eigenvalue weighted by Crippen LogP contribution is 2.49. The van der Waals surface area contributed by atoms with Gasteiger partial charge in [0.1, 0.15) is 16.7 Å². The number of nitrogens with zero attached hydrogens (tertiary/aromatic N) is 1. The lowest BCUT2D eigenvalue weighted by Gasteiger charge is -2.41. The second-order valence-corrected chi connectivity index (χ2v) is 9.29. The predicted octanol–water partition coefficient (Wildman–Crippen LogP) is 4.83. The van der Waals surface area contributed by atoms with Crippen molar-refractivity contribution in [2.75, 3.05) is 13.7 Å². The summed E-state index contributed by atoms with van der Waals surface area (Å²) in [6.07, 6.45) is 1.06. The number of amides is 1. The summed E-state index contributed by atoms with van der Waals surface area (Å²) in [7, 11) is 1.54. The van der Waals surface area contributed by atoms with Gasteiger partial charge in [-0.25, -0.2) is 4.79 Å². The number of hydrogen-bond donors (Lipinski definition) is 1. The third-order valence-electron chi connectivity index (χ3n) is 5.09. The lowest BCUT2D eigenvalue weighted by molar-refractivity contribution is -0.146. The molecule has 7 heteroatoms. The van der Waals surface area contributed by atoms with Gasteiger partial charge in [-0.05, 0) is 65.5 Å². The Bertz CT molecular complexity index is 735. The molecule has 162 valence electrons. The maximum atomic E-state index is 12.9. The molecule has 1 atom stereocenters. The van der Waals surface area contributed by atoms with Gasteiger partial charge in [-0.3, -0.25) is 9.69 Å². The highest BCUT2D eigenvalue weighted by atomic mass is 32.1. The van der Waals surface area contributed by atoms with Gasteiger partial charge in [-0.15, -0.1) is 12.6 Å². The van der Waals surface area contributed by atoms with E-state index in [1.54, 1.807) is 13.8 Å². The second kappa shape index (κ2) is 8.56. The molecular formula is C22H33NO5S. The van der Waals surface area contributed by atoms with Crippen LogP contribution >= 0.6 is 12.6 Å². The van der Waals surface area contributed by atoms with Crippen molar-refractivity contribution < 1.29 is 23.8 Å². The molecule has 0 radical (unpaired) electrons. The molecule has 1 aromatic rings. The molecule has 6 nitrogen and oxygen atoms in total. The van der Waals surface area contributed by atoms with E-state index in [1.165, 1.54) is 12.0 Å². The minimum absolute atomic E-state index is 0.175. The predicted molar refractivity (Wildman–Crippen MR) is 115 cm³/mol. The first-order chi connectivity index (χ1) is 13.4. The first-order valence-corrected chi connectivity index (χ1v) is 10.4. The van der Waals surface area contributed by atoms with Crippen LogP contribution < -0.4 is 0 Å². The summed E-state index contributed by atoms with van der Waals surface area (Å²) in [6.45, 7) is 11.2. The van der Waals surface area contributed by atoms with Crippen molar-refractivity contribution in [1.29, 1.82) is 0 Å². The lowest BCUT2D eigenvalue weighted by Crippen LogP contribution is -2.51. The van der Waals surface area contributed by atoms with Crippen LogP contribution in [0.4, 0.5) is 4.79 Å². The Morgan fingerprint density at radius 1 is 1.14 bits per heavy atom. The Balaban J connectivity index is 2.29. The highest BCUT2D eigenvalue weighted by Gasteiger charge is 2.52. The fraction of sp³-hybridized carbons (Fsp3) is 0.636. The minimum Gasteiger partial charge on any atom is -0.465 e. The Labute approximate surface area is 179 Å². The summed E-state index contributed by atoms with van der Waals surface area (Å²) < 4.78 is 16.3. The molecule has 0 N–H and O–H groups in total. The zero-order valence-electron chi connectivity index (χ0n) is 18.4. The molecule has 29 heavy (non-hydrogen) atoms. The summed E-state index contributed by atoms with van der Waals surface area (Å²) in [5.74, 6) is -0.175. The van der Waals surface area contributed by atoms with Crippen molar-refractivity contribution in [3.63, 3.8) is 0 Å². The van der Waals surface area contributed by atoms with Crippen LogP contribution in [0.25, 0.3) is 0 Å². The van der Waals surface area contributed by atoms with Crippen molar-refractivity contribution in [3.8, 4) is 0 Å². The Kier molecular flexibility index (Phi) is 6.95. The number of ether oxygens (including phenoxy) is 3. The van der Waals surface area contributed by atoms with Crippen molar-refractivity contribution >= 4 is 24.7 Å². The standard InChI is InChI=1S/C22H33NO5S/c1-8-27-18(24)22(13-14-22)16-11-9-15(10-12-16)17(29)23(21(5,6)26-7)19(25)28-20(2,3)4/h9-12,17,29H,8,13-14H2,1-7H3. The van der Waals surface area contributed by atoms with Crippen molar-refractivity contribution in [2.45, 2.75) is 76.5 Å². The van der Waals surface area contributed by atoms with Gasteiger partial charge in [0, 0.05) is 7.11 Å².